The molecule has 0 fully saturated rings. The Bertz CT molecular complexity index is 171. The van der Waals surface area contributed by atoms with Crippen LogP contribution in [0.15, 0.2) is 12.2 Å². The highest BCUT2D eigenvalue weighted by Gasteiger charge is 1.92. The molecule has 4 heteroatoms. The summed E-state index contributed by atoms with van der Waals surface area (Å²) in [4.78, 5) is 19.9. The van der Waals surface area contributed by atoms with Crippen LogP contribution in [0.5, 0.6) is 0 Å². The van der Waals surface area contributed by atoms with Crippen LogP contribution < -0.4 is 0 Å². The number of carboxylic acid groups (broad SMARTS) is 2. The zero-order chi connectivity index (χ0) is 8.69. The lowest BCUT2D eigenvalue weighted by Gasteiger charge is -1.86. The van der Waals surface area contributed by atoms with Crippen LogP contribution in [0.25, 0.3) is 0 Å². The van der Waals surface area contributed by atoms with E-state index < -0.39 is 11.9 Å². The predicted molar refractivity (Wildman–Crippen MR) is 38.3 cm³/mol. The first-order chi connectivity index (χ1) is 5.13. The van der Waals surface area contributed by atoms with Crippen molar-refractivity contribution in [3.05, 3.63) is 12.2 Å². The molecule has 0 heterocycles. The number of hydrogen-bond acceptors (Lipinski definition) is 2. The minimum absolute atomic E-state index is 0.0420. The monoisotopic (exact) mass is 158 g/mol. The number of allylic oxidation sites excluding steroid dienone is 1. The molecule has 0 saturated carbocycles. The number of carboxylic acids is 2. The van der Waals surface area contributed by atoms with E-state index in [2.05, 4.69) is 0 Å². The van der Waals surface area contributed by atoms with Crippen LogP contribution in [0.2, 0.25) is 0 Å². The third-order valence-corrected chi connectivity index (χ3v) is 0.984. The minimum atomic E-state index is -0.906. The van der Waals surface area contributed by atoms with Gasteiger partial charge in [-0.2, -0.15) is 0 Å². The number of carbonyl (C=O) groups is 2. The van der Waals surface area contributed by atoms with Crippen molar-refractivity contribution in [1.29, 1.82) is 0 Å². The van der Waals surface area contributed by atoms with Gasteiger partial charge in [0.25, 0.3) is 0 Å². The number of aliphatic carboxylic acids is 2. The topological polar surface area (TPSA) is 74.6 Å². The fourth-order valence-electron chi connectivity index (χ4n) is 0.509. The molecule has 0 saturated heterocycles. The van der Waals surface area contributed by atoms with Crippen LogP contribution in [0.3, 0.4) is 0 Å². The Hall–Kier alpha value is -1.32. The van der Waals surface area contributed by atoms with E-state index in [-0.39, 0.29) is 12.8 Å². The smallest absolute Gasteiger partial charge is 0.307 e. The van der Waals surface area contributed by atoms with Crippen molar-refractivity contribution < 1.29 is 19.8 Å². The van der Waals surface area contributed by atoms with Crippen molar-refractivity contribution >= 4 is 11.9 Å². The van der Waals surface area contributed by atoms with Crippen LogP contribution in [-0.4, -0.2) is 22.2 Å². The van der Waals surface area contributed by atoms with Crippen molar-refractivity contribution in [3.63, 3.8) is 0 Å². The highest BCUT2D eigenvalue weighted by molar-refractivity contribution is 5.68. The van der Waals surface area contributed by atoms with Crippen molar-refractivity contribution in [2.75, 3.05) is 0 Å². The summed E-state index contributed by atoms with van der Waals surface area (Å²) in [6, 6.07) is 0. The van der Waals surface area contributed by atoms with Crippen molar-refractivity contribution in [2.45, 2.75) is 19.3 Å². The number of rotatable bonds is 5. The molecule has 0 unspecified atom stereocenters. The molecule has 62 valence electrons. The fourth-order valence-corrected chi connectivity index (χ4v) is 0.509. The van der Waals surface area contributed by atoms with Crippen molar-refractivity contribution in [3.8, 4) is 0 Å². The Morgan fingerprint density at radius 2 is 1.73 bits per heavy atom. The Balaban J connectivity index is 3.30. The summed E-state index contributed by atoms with van der Waals surface area (Å²) >= 11 is 0. The third kappa shape index (κ3) is 8.68. The molecule has 0 amide bonds. The number of hydrogen-bond donors (Lipinski definition) is 2. The second kappa shape index (κ2) is 5.46. The molecule has 0 rings (SSSR count). The van der Waals surface area contributed by atoms with E-state index in [4.69, 9.17) is 10.2 Å². The summed E-state index contributed by atoms with van der Waals surface area (Å²) in [6.07, 6.45) is 3.41. The molecule has 2 N–H and O–H groups in total. The maximum atomic E-state index is 9.95. The molecule has 0 aliphatic heterocycles. The lowest BCUT2D eigenvalue weighted by molar-refractivity contribution is -0.137. The normalized spacial score (nSPS) is 10.2. The average Bonchev–Trinajstić information content (AvgIpc) is 1.85. The molecular formula is C7H10O4. The van der Waals surface area contributed by atoms with Gasteiger partial charge in [-0.05, 0) is 6.42 Å². The molecule has 0 aliphatic carbocycles. The molecule has 0 aromatic rings. The zero-order valence-corrected chi connectivity index (χ0v) is 5.99. The quantitative estimate of drug-likeness (QED) is 0.582. The van der Waals surface area contributed by atoms with Crippen LogP contribution in [0.4, 0.5) is 0 Å². The average molecular weight is 158 g/mol. The van der Waals surface area contributed by atoms with E-state index in [0.29, 0.717) is 6.42 Å². The SMILES string of the molecule is O=C(O)CC=CCCC(=O)O. The summed E-state index contributed by atoms with van der Waals surface area (Å²) in [5, 5.41) is 16.3. The first-order valence-electron chi connectivity index (χ1n) is 3.21. The minimum Gasteiger partial charge on any atom is -0.481 e. The van der Waals surface area contributed by atoms with E-state index in [1.54, 1.807) is 6.08 Å². The Morgan fingerprint density at radius 3 is 2.18 bits per heavy atom. The van der Waals surface area contributed by atoms with Gasteiger partial charge in [-0.3, -0.25) is 9.59 Å². The van der Waals surface area contributed by atoms with Gasteiger partial charge in [-0.25, -0.2) is 0 Å². The van der Waals surface area contributed by atoms with Gasteiger partial charge in [0, 0.05) is 6.42 Å². The molecule has 4 nitrogen and oxygen atoms in total. The second-order valence-electron chi connectivity index (χ2n) is 2.00. The second-order valence-corrected chi connectivity index (χ2v) is 2.00. The van der Waals surface area contributed by atoms with Crippen LogP contribution in [0.1, 0.15) is 19.3 Å². The summed E-state index contributed by atoms with van der Waals surface area (Å²) in [5.74, 6) is -1.78. The largest absolute Gasteiger partial charge is 0.481 e. The van der Waals surface area contributed by atoms with Gasteiger partial charge in [0.1, 0.15) is 0 Å². The molecular weight excluding hydrogens is 148 g/mol. The van der Waals surface area contributed by atoms with E-state index in [0.717, 1.165) is 0 Å². The van der Waals surface area contributed by atoms with Gasteiger partial charge >= 0.3 is 11.9 Å². The van der Waals surface area contributed by atoms with Gasteiger partial charge < -0.3 is 10.2 Å². The lowest BCUT2D eigenvalue weighted by Crippen LogP contribution is -1.92. The van der Waals surface area contributed by atoms with Crippen molar-refractivity contribution in [1.82, 2.24) is 0 Å². The summed E-state index contributed by atoms with van der Waals surface area (Å²) in [5.41, 5.74) is 0. The summed E-state index contributed by atoms with van der Waals surface area (Å²) < 4.78 is 0. The molecule has 0 spiro atoms. The molecule has 0 bridgehead atoms. The van der Waals surface area contributed by atoms with Crippen LogP contribution in [0, 0.1) is 0 Å². The van der Waals surface area contributed by atoms with E-state index in [9.17, 15) is 9.59 Å². The van der Waals surface area contributed by atoms with E-state index in [1.807, 2.05) is 0 Å². The van der Waals surface area contributed by atoms with Gasteiger partial charge in [0.05, 0.1) is 6.42 Å². The maximum Gasteiger partial charge on any atom is 0.307 e. The molecule has 0 aliphatic rings. The molecule has 0 atom stereocenters. The molecule has 0 aromatic heterocycles. The Morgan fingerprint density at radius 1 is 1.09 bits per heavy atom. The first kappa shape index (κ1) is 9.68. The molecule has 0 radical (unpaired) electrons. The van der Waals surface area contributed by atoms with Gasteiger partial charge in [-0.15, -0.1) is 0 Å². The standard InChI is InChI=1S/C7H10O4/c8-6(9)4-2-1-3-5-7(10)11/h1-2H,3-5H2,(H,8,9)(H,10,11). The van der Waals surface area contributed by atoms with Gasteiger partial charge in [0.15, 0.2) is 0 Å². The van der Waals surface area contributed by atoms with Crippen molar-refractivity contribution in [2.24, 2.45) is 0 Å². The van der Waals surface area contributed by atoms with E-state index in [1.165, 1.54) is 6.08 Å². The van der Waals surface area contributed by atoms with E-state index >= 15 is 0 Å². The predicted octanol–water partition coefficient (Wildman–Crippen LogP) is 0.882. The molecule has 0 aromatic carbocycles. The maximum absolute atomic E-state index is 9.95. The highest BCUT2D eigenvalue weighted by Crippen LogP contribution is 1.92. The van der Waals surface area contributed by atoms with Crippen LogP contribution in [-0.2, 0) is 9.59 Å². The Labute approximate surface area is 64.2 Å². The summed E-state index contributed by atoms with van der Waals surface area (Å²) in [6.45, 7) is 0. The Kier molecular flexibility index (Phi) is 4.81. The van der Waals surface area contributed by atoms with Gasteiger partial charge in [-0.1, -0.05) is 12.2 Å². The van der Waals surface area contributed by atoms with Gasteiger partial charge in [0.2, 0.25) is 0 Å². The summed E-state index contributed by atoms with van der Waals surface area (Å²) in [7, 11) is 0. The van der Waals surface area contributed by atoms with Crippen LogP contribution >= 0.6 is 0 Å². The zero-order valence-electron chi connectivity index (χ0n) is 5.99. The highest BCUT2D eigenvalue weighted by atomic mass is 16.4. The first-order valence-corrected chi connectivity index (χ1v) is 3.21. The lowest BCUT2D eigenvalue weighted by atomic mass is 10.2. The fraction of sp³-hybridized carbons (Fsp3) is 0.429. The molecule has 11 heavy (non-hydrogen) atoms. The third-order valence-electron chi connectivity index (χ3n) is 0.984.